The monoisotopic (exact) mass is 414 g/mol. The third kappa shape index (κ3) is 5.54. The highest BCUT2D eigenvalue weighted by Gasteiger charge is 2.45. The first kappa shape index (κ1) is 22.8. The van der Waals surface area contributed by atoms with Gasteiger partial charge < -0.3 is 16.2 Å². The molecule has 0 bridgehead atoms. The Labute approximate surface area is 176 Å². The third-order valence-corrected chi connectivity index (χ3v) is 5.18. The summed E-state index contributed by atoms with van der Waals surface area (Å²) in [6, 6.07) is 15.6. The van der Waals surface area contributed by atoms with Crippen LogP contribution >= 0.6 is 11.6 Å². The molecule has 0 radical (unpaired) electrons. The second kappa shape index (κ2) is 9.83. The minimum Gasteiger partial charge on any atom is -0.390 e. The standard InChI is InChI=1S/C23H27ClN2O3/c1-15(2)13-20(27)26-14-23(25,22(29)17-9-5-4-6-10-17)21(28)16(3)18-11-7-8-12-19(18)24/h4-13,16,21,28H,14,25H2,1-3H3,(H,26,27)/t16?,21-,23?/m1/s1. The maximum absolute atomic E-state index is 13.3. The smallest absolute Gasteiger partial charge is 0.243 e. The summed E-state index contributed by atoms with van der Waals surface area (Å²) in [5.74, 6) is -1.37. The van der Waals surface area contributed by atoms with Gasteiger partial charge in [-0.15, -0.1) is 0 Å². The third-order valence-electron chi connectivity index (χ3n) is 4.83. The molecule has 29 heavy (non-hydrogen) atoms. The Morgan fingerprint density at radius 3 is 2.31 bits per heavy atom. The largest absolute Gasteiger partial charge is 0.390 e. The number of Topliss-reactive ketones (excluding diaryl/α,β-unsaturated/α-hetero) is 1. The number of amides is 1. The van der Waals surface area contributed by atoms with Gasteiger partial charge in [0, 0.05) is 29.1 Å². The fourth-order valence-electron chi connectivity index (χ4n) is 3.18. The summed E-state index contributed by atoms with van der Waals surface area (Å²) in [6.45, 7) is 5.11. The summed E-state index contributed by atoms with van der Waals surface area (Å²) in [4.78, 5) is 25.4. The number of hydrogen-bond donors (Lipinski definition) is 3. The molecule has 154 valence electrons. The van der Waals surface area contributed by atoms with Crippen molar-refractivity contribution in [3.8, 4) is 0 Å². The molecule has 0 aliphatic carbocycles. The fraction of sp³-hybridized carbons (Fsp3) is 0.304. The molecule has 3 atom stereocenters. The molecule has 0 aliphatic heterocycles. The van der Waals surface area contributed by atoms with Gasteiger partial charge in [0.1, 0.15) is 5.54 Å². The fourth-order valence-corrected chi connectivity index (χ4v) is 3.49. The van der Waals surface area contributed by atoms with Gasteiger partial charge in [-0.3, -0.25) is 9.59 Å². The molecule has 4 N–H and O–H groups in total. The van der Waals surface area contributed by atoms with Crippen molar-refractivity contribution in [1.82, 2.24) is 5.32 Å². The lowest BCUT2D eigenvalue weighted by Crippen LogP contribution is -2.64. The molecule has 2 unspecified atom stereocenters. The number of benzene rings is 2. The maximum Gasteiger partial charge on any atom is 0.243 e. The van der Waals surface area contributed by atoms with E-state index in [2.05, 4.69) is 5.32 Å². The van der Waals surface area contributed by atoms with Gasteiger partial charge in [-0.2, -0.15) is 0 Å². The first-order chi connectivity index (χ1) is 13.7. The second-order valence-electron chi connectivity index (χ2n) is 7.43. The van der Waals surface area contributed by atoms with Crippen molar-refractivity contribution in [3.05, 3.63) is 82.4 Å². The number of aliphatic hydroxyl groups is 1. The van der Waals surface area contributed by atoms with Crippen LogP contribution in [0.15, 0.2) is 66.2 Å². The van der Waals surface area contributed by atoms with E-state index in [-0.39, 0.29) is 12.5 Å². The van der Waals surface area contributed by atoms with E-state index in [9.17, 15) is 14.7 Å². The summed E-state index contributed by atoms with van der Waals surface area (Å²) >= 11 is 6.28. The zero-order valence-electron chi connectivity index (χ0n) is 16.9. The zero-order valence-corrected chi connectivity index (χ0v) is 17.6. The van der Waals surface area contributed by atoms with E-state index < -0.39 is 23.3 Å². The summed E-state index contributed by atoms with van der Waals surface area (Å²) < 4.78 is 0. The minimum absolute atomic E-state index is 0.223. The van der Waals surface area contributed by atoms with Gasteiger partial charge in [0.15, 0.2) is 5.78 Å². The molecule has 0 saturated carbocycles. The minimum atomic E-state index is -1.74. The van der Waals surface area contributed by atoms with E-state index in [1.807, 2.05) is 0 Å². The van der Waals surface area contributed by atoms with Crippen molar-refractivity contribution in [3.63, 3.8) is 0 Å². The number of allylic oxidation sites excluding steroid dienone is 1. The molecule has 5 nitrogen and oxygen atoms in total. The van der Waals surface area contributed by atoms with Crippen LogP contribution in [0, 0.1) is 0 Å². The number of aliphatic hydroxyl groups excluding tert-OH is 1. The molecular weight excluding hydrogens is 388 g/mol. The van der Waals surface area contributed by atoms with E-state index in [0.29, 0.717) is 16.1 Å². The van der Waals surface area contributed by atoms with Crippen molar-refractivity contribution in [1.29, 1.82) is 0 Å². The Kier molecular flexibility index (Phi) is 7.73. The summed E-state index contributed by atoms with van der Waals surface area (Å²) in [7, 11) is 0. The maximum atomic E-state index is 13.3. The first-order valence-electron chi connectivity index (χ1n) is 9.40. The van der Waals surface area contributed by atoms with Crippen molar-refractivity contribution >= 4 is 23.3 Å². The number of carbonyl (C=O) groups is 2. The Morgan fingerprint density at radius 2 is 1.72 bits per heavy atom. The topological polar surface area (TPSA) is 92.4 Å². The Bertz CT molecular complexity index is 894. The molecule has 6 heteroatoms. The summed E-state index contributed by atoms with van der Waals surface area (Å²) in [5.41, 5.74) is 6.60. The molecule has 0 heterocycles. The quantitative estimate of drug-likeness (QED) is 0.455. The number of ketones is 1. The molecule has 2 aromatic carbocycles. The van der Waals surface area contributed by atoms with E-state index in [1.54, 1.807) is 75.4 Å². The van der Waals surface area contributed by atoms with Gasteiger partial charge in [0.25, 0.3) is 0 Å². The predicted octanol–water partition coefficient (Wildman–Crippen LogP) is 3.47. The SMILES string of the molecule is CC(C)=CC(=O)NCC(N)(C(=O)c1ccccc1)[C@H](O)C(C)c1ccccc1Cl. The van der Waals surface area contributed by atoms with E-state index in [0.717, 1.165) is 5.57 Å². The number of hydrogen-bond acceptors (Lipinski definition) is 4. The van der Waals surface area contributed by atoms with Crippen molar-refractivity contribution in [2.75, 3.05) is 6.54 Å². The number of carbonyl (C=O) groups excluding carboxylic acids is 2. The molecule has 0 spiro atoms. The Morgan fingerprint density at radius 1 is 1.14 bits per heavy atom. The molecule has 0 fully saturated rings. The van der Waals surface area contributed by atoms with E-state index in [4.69, 9.17) is 17.3 Å². The van der Waals surface area contributed by atoms with Crippen LogP contribution in [0.1, 0.15) is 42.6 Å². The number of halogens is 1. The summed E-state index contributed by atoms with van der Waals surface area (Å²) in [5, 5.41) is 14.3. The van der Waals surface area contributed by atoms with Crippen LogP contribution in [0.25, 0.3) is 0 Å². The average molecular weight is 415 g/mol. The summed E-state index contributed by atoms with van der Waals surface area (Å²) in [6.07, 6.45) is 0.124. The van der Waals surface area contributed by atoms with Gasteiger partial charge in [-0.05, 0) is 25.5 Å². The van der Waals surface area contributed by atoms with Crippen LogP contribution in [-0.2, 0) is 4.79 Å². The second-order valence-corrected chi connectivity index (χ2v) is 7.84. The van der Waals surface area contributed by atoms with Gasteiger partial charge >= 0.3 is 0 Å². The van der Waals surface area contributed by atoms with Crippen molar-refractivity contribution in [2.24, 2.45) is 5.73 Å². The average Bonchev–Trinajstić information content (AvgIpc) is 2.71. The van der Waals surface area contributed by atoms with Crippen LogP contribution < -0.4 is 11.1 Å². The van der Waals surface area contributed by atoms with E-state index >= 15 is 0 Å². The van der Waals surface area contributed by atoms with Gasteiger partial charge in [0.2, 0.25) is 5.91 Å². The molecule has 0 saturated heterocycles. The highest BCUT2D eigenvalue weighted by Crippen LogP contribution is 2.31. The lowest BCUT2D eigenvalue weighted by atomic mass is 9.77. The van der Waals surface area contributed by atoms with Gasteiger partial charge in [-0.1, -0.05) is 72.6 Å². The van der Waals surface area contributed by atoms with Gasteiger partial charge in [0.05, 0.1) is 6.10 Å². The lowest BCUT2D eigenvalue weighted by Gasteiger charge is -2.36. The van der Waals surface area contributed by atoms with Crippen LogP contribution in [0.4, 0.5) is 0 Å². The van der Waals surface area contributed by atoms with Crippen LogP contribution in [0.3, 0.4) is 0 Å². The highest BCUT2D eigenvalue weighted by molar-refractivity contribution is 6.31. The normalized spacial score (nSPS) is 15.0. The Balaban J connectivity index is 2.40. The molecule has 2 rings (SSSR count). The van der Waals surface area contributed by atoms with Crippen LogP contribution in [0.5, 0.6) is 0 Å². The number of nitrogens with two attached hydrogens (primary N) is 1. The van der Waals surface area contributed by atoms with Crippen molar-refractivity contribution < 1.29 is 14.7 Å². The lowest BCUT2D eigenvalue weighted by molar-refractivity contribution is -0.116. The van der Waals surface area contributed by atoms with Crippen LogP contribution in [0.2, 0.25) is 5.02 Å². The highest BCUT2D eigenvalue weighted by atomic mass is 35.5. The zero-order chi connectivity index (χ0) is 21.6. The molecule has 0 aliphatic rings. The van der Waals surface area contributed by atoms with E-state index in [1.165, 1.54) is 6.08 Å². The van der Waals surface area contributed by atoms with Crippen LogP contribution in [-0.4, -0.2) is 35.0 Å². The Hall–Kier alpha value is -2.47. The van der Waals surface area contributed by atoms with Gasteiger partial charge in [-0.25, -0.2) is 0 Å². The molecule has 2 aromatic rings. The van der Waals surface area contributed by atoms with Crippen molar-refractivity contribution in [2.45, 2.75) is 38.3 Å². The molecular formula is C23H27ClN2O3. The number of rotatable bonds is 8. The predicted molar refractivity (Wildman–Crippen MR) is 116 cm³/mol. The number of nitrogens with one attached hydrogen (secondary N) is 1. The first-order valence-corrected chi connectivity index (χ1v) is 9.78. The molecule has 1 amide bonds. The molecule has 0 aromatic heterocycles.